The van der Waals surface area contributed by atoms with E-state index in [0.29, 0.717) is 17.6 Å². The van der Waals surface area contributed by atoms with Crippen molar-refractivity contribution in [3.63, 3.8) is 0 Å². The first-order valence-corrected chi connectivity index (χ1v) is 7.48. The summed E-state index contributed by atoms with van der Waals surface area (Å²) in [7, 11) is 1.39. The highest BCUT2D eigenvalue weighted by molar-refractivity contribution is 6.34. The molecular formula is C16H15ClFNO3. The van der Waals surface area contributed by atoms with Gasteiger partial charge in [0.15, 0.2) is 0 Å². The third-order valence-corrected chi connectivity index (χ3v) is 4.53. The van der Waals surface area contributed by atoms with Crippen molar-refractivity contribution in [3.05, 3.63) is 34.1 Å². The normalized spacial score (nSPS) is 21.5. The van der Waals surface area contributed by atoms with E-state index in [2.05, 4.69) is 0 Å². The summed E-state index contributed by atoms with van der Waals surface area (Å²) >= 11 is 5.86. The molecule has 1 aliphatic carbocycles. The van der Waals surface area contributed by atoms with Crippen molar-refractivity contribution < 1.29 is 18.7 Å². The molecule has 2 amide bonds. The van der Waals surface area contributed by atoms with Gasteiger partial charge in [-0.1, -0.05) is 18.5 Å². The number of rotatable bonds is 2. The summed E-state index contributed by atoms with van der Waals surface area (Å²) in [5, 5.41) is 0.0916. The van der Waals surface area contributed by atoms with Crippen LogP contribution in [0.15, 0.2) is 23.3 Å². The average molecular weight is 324 g/mol. The van der Waals surface area contributed by atoms with E-state index in [1.165, 1.54) is 13.2 Å². The van der Waals surface area contributed by atoms with Gasteiger partial charge >= 0.3 is 0 Å². The van der Waals surface area contributed by atoms with Gasteiger partial charge in [-0.15, -0.1) is 0 Å². The number of carbonyl (C=O) groups is 2. The lowest BCUT2D eigenvalue weighted by molar-refractivity contribution is -0.120. The molecular weight excluding hydrogens is 309 g/mol. The lowest BCUT2D eigenvalue weighted by Crippen LogP contribution is -2.32. The summed E-state index contributed by atoms with van der Waals surface area (Å²) < 4.78 is 19.3. The van der Waals surface area contributed by atoms with Crippen LogP contribution >= 0.6 is 11.6 Å². The summed E-state index contributed by atoms with van der Waals surface area (Å²) in [6.07, 6.45) is 2.28. The number of hydrogen-bond donors (Lipinski definition) is 0. The molecule has 0 spiro atoms. The van der Waals surface area contributed by atoms with Crippen LogP contribution in [0, 0.1) is 11.7 Å². The number of carbonyl (C=O) groups excluding carboxylic acids is 2. The van der Waals surface area contributed by atoms with E-state index in [1.54, 1.807) is 0 Å². The second kappa shape index (κ2) is 5.39. The summed E-state index contributed by atoms with van der Waals surface area (Å²) in [5.74, 6) is -1.36. The quantitative estimate of drug-likeness (QED) is 0.783. The fourth-order valence-electron chi connectivity index (χ4n) is 3.14. The zero-order valence-corrected chi connectivity index (χ0v) is 13.0. The molecule has 6 heteroatoms. The molecule has 2 aliphatic rings. The fourth-order valence-corrected chi connectivity index (χ4v) is 3.36. The number of ether oxygens (including phenoxy) is 1. The molecule has 0 bridgehead atoms. The van der Waals surface area contributed by atoms with E-state index in [0.717, 1.165) is 23.8 Å². The van der Waals surface area contributed by atoms with Gasteiger partial charge in [-0.05, 0) is 31.2 Å². The van der Waals surface area contributed by atoms with Crippen molar-refractivity contribution >= 4 is 29.1 Å². The van der Waals surface area contributed by atoms with Crippen molar-refractivity contribution in [1.29, 1.82) is 0 Å². The molecule has 0 radical (unpaired) electrons. The van der Waals surface area contributed by atoms with Gasteiger partial charge in [0.25, 0.3) is 11.8 Å². The average Bonchev–Trinajstić information content (AvgIpc) is 2.73. The van der Waals surface area contributed by atoms with Crippen LogP contribution in [0.5, 0.6) is 5.75 Å². The van der Waals surface area contributed by atoms with Crippen LogP contribution in [0.3, 0.4) is 0 Å². The number of methoxy groups -OCH3 is 1. The molecule has 4 nitrogen and oxygen atoms in total. The molecule has 3 rings (SSSR count). The van der Waals surface area contributed by atoms with Crippen LogP contribution in [0.4, 0.5) is 10.1 Å². The molecule has 22 heavy (non-hydrogen) atoms. The van der Waals surface area contributed by atoms with Gasteiger partial charge in [0.1, 0.15) is 11.6 Å². The predicted octanol–water partition coefficient (Wildman–Crippen LogP) is 3.48. The van der Waals surface area contributed by atoms with Gasteiger partial charge < -0.3 is 4.74 Å². The van der Waals surface area contributed by atoms with Gasteiger partial charge in [0, 0.05) is 17.2 Å². The minimum atomic E-state index is -0.722. The highest BCUT2D eigenvalue weighted by Crippen LogP contribution is 2.41. The molecule has 0 N–H and O–H groups in total. The minimum absolute atomic E-state index is 0.0162. The van der Waals surface area contributed by atoms with E-state index in [-0.39, 0.29) is 22.4 Å². The maximum absolute atomic E-state index is 14.2. The summed E-state index contributed by atoms with van der Waals surface area (Å²) in [6, 6.07) is 2.34. The molecule has 1 atom stereocenters. The first-order valence-electron chi connectivity index (χ1n) is 7.10. The Morgan fingerprint density at radius 1 is 1.32 bits per heavy atom. The number of imide groups is 1. The lowest BCUT2D eigenvalue weighted by Gasteiger charge is -2.18. The summed E-state index contributed by atoms with van der Waals surface area (Å²) in [4.78, 5) is 26.0. The Bertz CT molecular complexity index is 714. The highest BCUT2D eigenvalue weighted by atomic mass is 35.5. The van der Waals surface area contributed by atoms with E-state index < -0.39 is 17.6 Å². The van der Waals surface area contributed by atoms with Gasteiger partial charge in [0.2, 0.25) is 0 Å². The molecule has 0 aromatic heterocycles. The smallest absolute Gasteiger partial charge is 0.262 e. The minimum Gasteiger partial charge on any atom is -0.495 e. The standard InChI is InChI=1S/C16H15ClFNO3/c1-8-4-3-5-9-14(8)16(21)19(15(9)20)12-7-13(22-2)10(17)6-11(12)18/h6-8H,3-5H2,1-2H3. The monoisotopic (exact) mass is 323 g/mol. The molecule has 116 valence electrons. The van der Waals surface area contributed by atoms with Crippen LogP contribution in [-0.4, -0.2) is 18.9 Å². The van der Waals surface area contributed by atoms with Gasteiger partial charge in [-0.2, -0.15) is 0 Å². The summed E-state index contributed by atoms with van der Waals surface area (Å²) in [6.45, 7) is 1.92. The molecule has 1 aromatic carbocycles. The Kier molecular flexibility index (Phi) is 3.68. The predicted molar refractivity (Wildman–Crippen MR) is 80.5 cm³/mol. The van der Waals surface area contributed by atoms with Gasteiger partial charge in [-0.3, -0.25) is 9.59 Å². The van der Waals surface area contributed by atoms with E-state index >= 15 is 0 Å². The summed E-state index contributed by atoms with van der Waals surface area (Å²) in [5.41, 5.74) is 0.916. The fraction of sp³-hybridized carbons (Fsp3) is 0.375. The second-order valence-electron chi connectivity index (χ2n) is 5.57. The SMILES string of the molecule is COc1cc(N2C(=O)C3=C(C2=O)C(C)CCC3)c(F)cc1Cl. The number of nitrogens with zero attached hydrogens (tertiary/aromatic N) is 1. The third-order valence-electron chi connectivity index (χ3n) is 4.24. The highest BCUT2D eigenvalue weighted by Gasteiger charge is 2.43. The van der Waals surface area contributed by atoms with Gasteiger partial charge in [0.05, 0.1) is 17.8 Å². The van der Waals surface area contributed by atoms with E-state index in [1.807, 2.05) is 6.92 Å². The number of benzene rings is 1. The van der Waals surface area contributed by atoms with Crippen molar-refractivity contribution in [2.24, 2.45) is 5.92 Å². The second-order valence-corrected chi connectivity index (χ2v) is 5.98. The number of anilines is 1. The zero-order valence-electron chi connectivity index (χ0n) is 12.3. The number of hydrogen-bond acceptors (Lipinski definition) is 3. The topological polar surface area (TPSA) is 46.6 Å². The first kappa shape index (κ1) is 15.0. The zero-order chi connectivity index (χ0) is 16.0. The molecule has 1 aliphatic heterocycles. The van der Waals surface area contributed by atoms with Crippen LogP contribution in [0.2, 0.25) is 5.02 Å². The molecule has 1 aromatic rings. The Morgan fingerprint density at radius 3 is 2.68 bits per heavy atom. The Labute approximate surface area is 132 Å². The number of halogens is 2. The lowest BCUT2D eigenvalue weighted by atomic mass is 9.85. The molecule has 0 saturated carbocycles. The van der Waals surface area contributed by atoms with Crippen LogP contribution in [-0.2, 0) is 9.59 Å². The molecule has 1 unspecified atom stereocenters. The Hall–Kier alpha value is -1.88. The Balaban J connectivity index is 2.08. The Morgan fingerprint density at radius 2 is 2.05 bits per heavy atom. The third kappa shape index (κ3) is 2.11. The van der Waals surface area contributed by atoms with Crippen LogP contribution in [0.1, 0.15) is 26.2 Å². The van der Waals surface area contributed by atoms with Crippen LogP contribution in [0.25, 0.3) is 0 Å². The molecule has 1 heterocycles. The van der Waals surface area contributed by atoms with Gasteiger partial charge in [-0.25, -0.2) is 9.29 Å². The van der Waals surface area contributed by atoms with E-state index in [9.17, 15) is 14.0 Å². The van der Waals surface area contributed by atoms with Crippen molar-refractivity contribution in [2.75, 3.05) is 12.0 Å². The maximum Gasteiger partial charge on any atom is 0.262 e. The first-order chi connectivity index (χ1) is 10.5. The maximum atomic E-state index is 14.2. The van der Waals surface area contributed by atoms with Crippen molar-refractivity contribution in [2.45, 2.75) is 26.2 Å². The van der Waals surface area contributed by atoms with Crippen molar-refractivity contribution in [1.82, 2.24) is 0 Å². The molecule has 0 saturated heterocycles. The number of amides is 2. The van der Waals surface area contributed by atoms with Crippen LogP contribution < -0.4 is 9.64 Å². The molecule has 0 fully saturated rings. The van der Waals surface area contributed by atoms with Crippen molar-refractivity contribution in [3.8, 4) is 5.75 Å². The largest absolute Gasteiger partial charge is 0.495 e. The van der Waals surface area contributed by atoms with E-state index in [4.69, 9.17) is 16.3 Å².